The van der Waals surface area contributed by atoms with E-state index in [-0.39, 0.29) is 19.8 Å². The summed E-state index contributed by atoms with van der Waals surface area (Å²) >= 11 is 0. The highest BCUT2D eigenvalue weighted by Gasteiger charge is 2.38. The molecule has 8 heteroatoms. The predicted octanol–water partition coefficient (Wildman–Crippen LogP) is 3.37. The second-order valence-electron chi connectivity index (χ2n) is 8.47. The molecule has 0 saturated carbocycles. The van der Waals surface area contributed by atoms with Gasteiger partial charge in [0.05, 0.1) is 26.4 Å². The summed E-state index contributed by atoms with van der Waals surface area (Å²) in [4.78, 5) is 28.8. The van der Waals surface area contributed by atoms with Gasteiger partial charge in [-0.1, -0.05) is 91.0 Å². The quantitative estimate of drug-likeness (QED) is 0.226. The third-order valence-electron chi connectivity index (χ3n) is 5.47. The largest absolute Gasteiger partial charge is 0.388 e. The Bertz CT molecular complexity index is 1050. The molecule has 3 aromatic rings. The number of nitrogens with one attached hydrogen (secondary N) is 1. The Balaban J connectivity index is 1.79. The monoisotopic (exact) mass is 507 g/mol. The molecule has 0 unspecified atom stereocenters. The van der Waals surface area contributed by atoms with Gasteiger partial charge in [0.2, 0.25) is 5.91 Å². The Kier molecular flexibility index (Phi) is 11.9. The first-order valence-corrected chi connectivity index (χ1v) is 12.0. The fourth-order valence-electron chi connectivity index (χ4n) is 3.62. The summed E-state index contributed by atoms with van der Waals surface area (Å²) in [5.41, 5.74) is 4.87. The molecule has 0 spiro atoms. The minimum Gasteiger partial charge on any atom is -0.388 e. The van der Waals surface area contributed by atoms with Gasteiger partial charge < -0.3 is 24.1 Å². The van der Waals surface area contributed by atoms with E-state index in [9.17, 15) is 14.7 Å². The maximum atomic E-state index is 12.0. The summed E-state index contributed by atoms with van der Waals surface area (Å²) in [5, 5.41) is 11.2. The van der Waals surface area contributed by atoms with Gasteiger partial charge in [-0.2, -0.15) is 0 Å². The zero-order valence-corrected chi connectivity index (χ0v) is 20.8. The van der Waals surface area contributed by atoms with E-state index in [1.807, 2.05) is 91.0 Å². The number of ether oxygens (including phenoxy) is 3. The zero-order valence-electron chi connectivity index (χ0n) is 20.8. The van der Waals surface area contributed by atoms with E-state index in [0.29, 0.717) is 12.9 Å². The van der Waals surface area contributed by atoms with Crippen LogP contribution in [-0.2, 0) is 48.5 Å². The van der Waals surface area contributed by atoms with Gasteiger partial charge in [-0.15, -0.1) is 0 Å². The lowest BCUT2D eigenvalue weighted by Gasteiger charge is -2.33. The number of aliphatic hydroxyl groups excluding tert-OH is 1. The van der Waals surface area contributed by atoms with Crippen LogP contribution in [0.25, 0.3) is 0 Å². The van der Waals surface area contributed by atoms with E-state index >= 15 is 0 Å². The standard InChI is InChI=1S/C29H33NO7/c1-22(32)30-37-27(17-31)29(36-20-25-15-9-4-10-16-25)28(35-19-24-13-7-3-8-14-24)26(33)21-34-18-23-11-5-2-6-12-23/h2-17,26-29,33H,18-21H2,1H3,(H,30,32)/t26-,27+,28-,29-/m1/s1. The summed E-state index contributed by atoms with van der Waals surface area (Å²) < 4.78 is 18.0. The molecule has 1 amide bonds. The van der Waals surface area contributed by atoms with Crippen LogP contribution < -0.4 is 5.48 Å². The van der Waals surface area contributed by atoms with Crippen molar-refractivity contribution in [2.24, 2.45) is 0 Å². The van der Waals surface area contributed by atoms with Crippen molar-refractivity contribution >= 4 is 12.2 Å². The van der Waals surface area contributed by atoms with Crippen molar-refractivity contribution in [1.29, 1.82) is 0 Å². The number of aldehydes is 1. The molecular weight excluding hydrogens is 474 g/mol. The number of benzene rings is 3. The first-order valence-electron chi connectivity index (χ1n) is 12.0. The first kappa shape index (κ1) is 28.2. The highest BCUT2D eigenvalue weighted by atomic mass is 16.7. The number of hydrogen-bond donors (Lipinski definition) is 2. The van der Waals surface area contributed by atoms with Gasteiger partial charge in [0.15, 0.2) is 12.4 Å². The molecule has 2 N–H and O–H groups in total. The topological polar surface area (TPSA) is 103 Å². The molecule has 0 bridgehead atoms. The van der Waals surface area contributed by atoms with Crippen LogP contribution in [0.2, 0.25) is 0 Å². The van der Waals surface area contributed by atoms with E-state index in [0.717, 1.165) is 16.7 Å². The summed E-state index contributed by atoms with van der Waals surface area (Å²) in [5.74, 6) is -0.484. The van der Waals surface area contributed by atoms with Crippen LogP contribution >= 0.6 is 0 Å². The van der Waals surface area contributed by atoms with Crippen molar-refractivity contribution in [3.63, 3.8) is 0 Å². The number of carbonyl (C=O) groups is 2. The number of aliphatic hydroxyl groups is 1. The Morgan fingerprint density at radius 1 is 0.784 bits per heavy atom. The van der Waals surface area contributed by atoms with E-state index < -0.39 is 30.3 Å². The van der Waals surface area contributed by atoms with Crippen LogP contribution in [-0.4, -0.2) is 48.3 Å². The number of hydroxylamine groups is 1. The van der Waals surface area contributed by atoms with Crippen LogP contribution in [0.3, 0.4) is 0 Å². The highest BCUT2D eigenvalue weighted by molar-refractivity contribution is 5.71. The van der Waals surface area contributed by atoms with Crippen molar-refractivity contribution < 1.29 is 33.7 Å². The summed E-state index contributed by atoms with van der Waals surface area (Å²) in [7, 11) is 0. The lowest BCUT2D eigenvalue weighted by Crippen LogP contribution is -2.52. The molecule has 4 atom stereocenters. The Morgan fingerprint density at radius 2 is 1.24 bits per heavy atom. The molecule has 0 aliphatic rings. The molecule has 0 aliphatic heterocycles. The van der Waals surface area contributed by atoms with Gasteiger partial charge in [-0.25, -0.2) is 5.48 Å². The smallest absolute Gasteiger partial charge is 0.240 e. The number of hydrogen-bond acceptors (Lipinski definition) is 7. The molecule has 3 aromatic carbocycles. The minimum absolute atomic E-state index is 0.0781. The number of amides is 1. The summed E-state index contributed by atoms with van der Waals surface area (Å²) in [6.45, 7) is 1.75. The third-order valence-corrected chi connectivity index (χ3v) is 5.47. The predicted molar refractivity (Wildman–Crippen MR) is 137 cm³/mol. The second kappa shape index (κ2) is 15.7. The van der Waals surface area contributed by atoms with Crippen LogP contribution in [0.1, 0.15) is 23.6 Å². The van der Waals surface area contributed by atoms with Gasteiger partial charge in [0, 0.05) is 6.92 Å². The molecule has 0 fully saturated rings. The molecule has 0 radical (unpaired) electrons. The number of rotatable bonds is 16. The van der Waals surface area contributed by atoms with Crippen molar-refractivity contribution in [2.75, 3.05) is 6.61 Å². The molecule has 0 saturated heterocycles. The lowest BCUT2D eigenvalue weighted by atomic mass is 10.0. The van der Waals surface area contributed by atoms with Gasteiger partial charge >= 0.3 is 0 Å². The van der Waals surface area contributed by atoms with E-state index in [1.165, 1.54) is 6.92 Å². The maximum absolute atomic E-state index is 12.0. The highest BCUT2D eigenvalue weighted by Crippen LogP contribution is 2.19. The molecule has 0 aliphatic carbocycles. The van der Waals surface area contributed by atoms with Crippen LogP contribution in [0.5, 0.6) is 0 Å². The Hall–Kier alpha value is -3.40. The van der Waals surface area contributed by atoms with Crippen molar-refractivity contribution in [3.05, 3.63) is 108 Å². The molecule has 0 aromatic heterocycles. The molecule has 196 valence electrons. The van der Waals surface area contributed by atoms with Crippen LogP contribution in [0, 0.1) is 0 Å². The zero-order chi connectivity index (χ0) is 26.3. The average molecular weight is 508 g/mol. The van der Waals surface area contributed by atoms with Crippen LogP contribution in [0.4, 0.5) is 0 Å². The number of carbonyl (C=O) groups excluding carboxylic acids is 2. The molecule has 0 heterocycles. The fourth-order valence-corrected chi connectivity index (χ4v) is 3.62. The normalized spacial score (nSPS) is 14.3. The lowest BCUT2D eigenvalue weighted by molar-refractivity contribution is -0.195. The molecule has 37 heavy (non-hydrogen) atoms. The molecule has 8 nitrogen and oxygen atoms in total. The first-order chi connectivity index (χ1) is 18.1. The molecular formula is C29H33NO7. The van der Waals surface area contributed by atoms with Gasteiger partial charge in [0.25, 0.3) is 0 Å². The second-order valence-corrected chi connectivity index (χ2v) is 8.47. The van der Waals surface area contributed by atoms with E-state index in [2.05, 4.69) is 5.48 Å². The maximum Gasteiger partial charge on any atom is 0.240 e. The van der Waals surface area contributed by atoms with Crippen LogP contribution in [0.15, 0.2) is 91.0 Å². The third kappa shape index (κ3) is 9.87. The van der Waals surface area contributed by atoms with Crippen molar-refractivity contribution in [1.82, 2.24) is 5.48 Å². The minimum atomic E-state index is -1.25. The average Bonchev–Trinajstić information content (AvgIpc) is 2.93. The van der Waals surface area contributed by atoms with Gasteiger partial charge in [-0.05, 0) is 16.7 Å². The fraction of sp³-hybridized carbons (Fsp3) is 0.310. The van der Waals surface area contributed by atoms with E-state index in [1.54, 1.807) is 0 Å². The molecule has 3 rings (SSSR count). The Labute approximate surface area is 217 Å². The van der Waals surface area contributed by atoms with E-state index in [4.69, 9.17) is 19.0 Å². The SMILES string of the molecule is CC(=O)NO[C@@H](C=O)[C@@H](OCc1ccccc1)[C@H](OCc1ccccc1)[C@H](O)COCc1ccccc1. The van der Waals surface area contributed by atoms with Crippen molar-refractivity contribution in [2.45, 2.75) is 51.2 Å². The summed E-state index contributed by atoms with van der Waals surface area (Å²) in [6, 6.07) is 28.4. The van der Waals surface area contributed by atoms with Gasteiger partial charge in [-0.3, -0.25) is 9.63 Å². The Morgan fingerprint density at radius 3 is 1.70 bits per heavy atom. The summed E-state index contributed by atoms with van der Waals surface area (Å²) in [6.07, 6.45) is -4.00. The van der Waals surface area contributed by atoms with Gasteiger partial charge in [0.1, 0.15) is 18.3 Å². The van der Waals surface area contributed by atoms with Crippen molar-refractivity contribution in [3.8, 4) is 0 Å².